The minimum atomic E-state index is -1.24. The molecule has 2 amide bonds. The summed E-state index contributed by atoms with van der Waals surface area (Å²) in [5, 5.41) is 25.8. The molecule has 2 atom stereocenters. The van der Waals surface area contributed by atoms with E-state index in [-0.39, 0.29) is 71.8 Å². The van der Waals surface area contributed by atoms with Gasteiger partial charge in [-0.1, -0.05) is 16.9 Å². The summed E-state index contributed by atoms with van der Waals surface area (Å²) >= 11 is 3.68. The van der Waals surface area contributed by atoms with Crippen molar-refractivity contribution in [2.45, 2.75) is 29.9 Å². The number of nitrogens with one attached hydrogen (secondary N) is 1. The summed E-state index contributed by atoms with van der Waals surface area (Å²) in [6.45, 7) is 2.27. The highest BCUT2D eigenvalue weighted by Gasteiger charge is 2.54. The zero-order valence-corrected chi connectivity index (χ0v) is 25.6. The van der Waals surface area contributed by atoms with Crippen LogP contribution < -0.4 is 22.6 Å². The normalized spacial score (nSPS) is 18.0. The summed E-state index contributed by atoms with van der Waals surface area (Å²) in [5.74, 6) is 4.47. The number of anilines is 1. The molecule has 8 N–H and O–H groups in total. The summed E-state index contributed by atoms with van der Waals surface area (Å²) in [4.78, 5) is 48.6. The van der Waals surface area contributed by atoms with Gasteiger partial charge in [0.15, 0.2) is 10.8 Å². The Labute approximate surface area is 259 Å². The van der Waals surface area contributed by atoms with Crippen LogP contribution in [0.5, 0.6) is 0 Å². The number of hydrogen-bond donors (Lipinski definition) is 5. The highest BCUT2D eigenvalue weighted by molar-refractivity contribution is 8.01. The number of nitrogens with zero attached hydrogens (tertiary/aromatic N) is 6. The van der Waals surface area contributed by atoms with Gasteiger partial charge in [0.2, 0.25) is 5.16 Å². The summed E-state index contributed by atoms with van der Waals surface area (Å²) in [7, 11) is 0. The van der Waals surface area contributed by atoms with E-state index in [1.54, 1.807) is 12.3 Å². The highest BCUT2D eigenvalue weighted by atomic mass is 35.5. The quantitative estimate of drug-likeness (QED) is 0.0535. The summed E-state index contributed by atoms with van der Waals surface area (Å²) in [6, 6.07) is -0.957. The van der Waals surface area contributed by atoms with E-state index in [2.05, 4.69) is 25.7 Å². The van der Waals surface area contributed by atoms with E-state index in [9.17, 15) is 19.5 Å². The van der Waals surface area contributed by atoms with Crippen molar-refractivity contribution in [1.82, 2.24) is 30.1 Å². The zero-order chi connectivity index (χ0) is 26.7. The molecule has 2 aliphatic rings. The average molecular weight is 678 g/mol. The lowest BCUT2D eigenvalue weighted by Crippen LogP contribution is -2.71. The number of halogens is 3. The number of carbonyl (C=O) groups is 3. The Morgan fingerprint density at radius 1 is 1.32 bits per heavy atom. The van der Waals surface area contributed by atoms with Crippen molar-refractivity contribution in [3.63, 3.8) is 0 Å². The monoisotopic (exact) mass is 676 g/mol. The molecule has 0 saturated carbocycles. The van der Waals surface area contributed by atoms with E-state index >= 15 is 0 Å². The number of thiazole rings is 1. The molecule has 2 aromatic rings. The number of rotatable bonds is 11. The Hall–Kier alpha value is -2.48. The Kier molecular flexibility index (Phi) is 13.8. The van der Waals surface area contributed by atoms with E-state index in [1.807, 2.05) is 0 Å². The van der Waals surface area contributed by atoms with Crippen molar-refractivity contribution in [3.8, 4) is 0 Å². The molecule has 2 aromatic heterocycles. The third-order valence-corrected chi connectivity index (χ3v) is 8.36. The molecule has 2 unspecified atom stereocenters. The Balaban J connectivity index is 0.00000267. The second-order valence-electron chi connectivity index (χ2n) is 7.79. The van der Waals surface area contributed by atoms with E-state index in [0.29, 0.717) is 35.3 Å². The zero-order valence-electron chi connectivity index (χ0n) is 20.7. The smallest absolute Gasteiger partial charge is 0.352 e. The molecule has 4 heterocycles. The van der Waals surface area contributed by atoms with Gasteiger partial charge in [-0.2, -0.15) is 0 Å². The van der Waals surface area contributed by atoms with Crippen LogP contribution in [0.1, 0.15) is 17.9 Å². The number of oxime groups is 1. The van der Waals surface area contributed by atoms with Gasteiger partial charge in [-0.05, 0) is 25.5 Å². The molecule has 1 saturated heterocycles. The van der Waals surface area contributed by atoms with Gasteiger partial charge in [-0.15, -0.1) is 70.5 Å². The number of aryl methyl sites for hydroxylation is 1. The first kappa shape index (κ1) is 35.5. The minimum Gasteiger partial charge on any atom is -0.477 e. The van der Waals surface area contributed by atoms with Crippen LogP contribution in [0.25, 0.3) is 0 Å². The maximum Gasteiger partial charge on any atom is 0.352 e. The fourth-order valence-corrected chi connectivity index (χ4v) is 6.40. The van der Waals surface area contributed by atoms with Crippen LogP contribution in [0.4, 0.5) is 5.13 Å². The number of aromatic nitrogens is 4. The lowest BCUT2D eigenvalue weighted by Gasteiger charge is -2.49. The number of nitrogen functional groups attached to an aromatic ring is 2. The van der Waals surface area contributed by atoms with Gasteiger partial charge < -0.3 is 32.6 Å². The van der Waals surface area contributed by atoms with E-state index in [4.69, 9.17) is 22.1 Å². The van der Waals surface area contributed by atoms with Crippen LogP contribution >= 0.6 is 72.1 Å². The number of carbonyl (C=O) groups excluding carboxylic acids is 2. The first-order valence-electron chi connectivity index (χ1n) is 10.8. The lowest BCUT2D eigenvalue weighted by molar-refractivity contribution is -0.150. The second kappa shape index (κ2) is 15.5. The van der Waals surface area contributed by atoms with E-state index in [0.717, 1.165) is 11.3 Å². The van der Waals surface area contributed by atoms with Crippen LogP contribution in [-0.2, 0) is 19.2 Å². The van der Waals surface area contributed by atoms with Gasteiger partial charge in [0.1, 0.15) is 35.2 Å². The van der Waals surface area contributed by atoms with Crippen LogP contribution in [0.3, 0.4) is 0 Å². The molecule has 222 valence electrons. The molecule has 0 radical (unpaired) electrons. The maximum absolute atomic E-state index is 13.1. The summed E-state index contributed by atoms with van der Waals surface area (Å²) in [6.07, 6.45) is 0.528. The van der Waals surface area contributed by atoms with Gasteiger partial charge in [-0.3, -0.25) is 14.5 Å². The molecule has 1 fully saturated rings. The van der Waals surface area contributed by atoms with Crippen molar-refractivity contribution in [1.29, 1.82) is 0 Å². The third kappa shape index (κ3) is 7.42. The molecule has 0 spiro atoms. The van der Waals surface area contributed by atoms with Gasteiger partial charge in [0.25, 0.3) is 11.8 Å². The molecule has 2 aliphatic heterocycles. The Morgan fingerprint density at radius 2 is 2.05 bits per heavy atom. The second-order valence-corrected chi connectivity index (χ2v) is 10.7. The van der Waals surface area contributed by atoms with Gasteiger partial charge in [-0.25, -0.2) is 14.5 Å². The van der Waals surface area contributed by atoms with Crippen molar-refractivity contribution >= 4 is 101 Å². The van der Waals surface area contributed by atoms with Gasteiger partial charge in [0, 0.05) is 16.9 Å². The minimum absolute atomic E-state index is 0. The SMILES string of the molecule is Cc1nnc(SCC2=C(C(=O)O)N3C(=O)C(NC(=O)/C(=N/OCCCN)c4csc(N)n4)C3SC2)n1N.Cl.Cl.Cl. The topological polar surface area (TPSA) is 230 Å². The standard InChI is InChI=1S/C19H24N10O5S3.3ClH/c1-8-25-26-19(29(8)22)37-6-9-5-35-16-12(15(31)28(16)13(9)17(32)33)24-14(30)11(27-34-4-2-3-20)10-7-36-18(21)23-10;;;/h7,12,16H,2-6,20,22H2,1H3,(H2,21,23)(H,24,30)(H,32,33);3*1H/b27-11+;;;. The molecule has 4 rings (SSSR count). The highest BCUT2D eigenvalue weighted by Crippen LogP contribution is 2.41. The van der Waals surface area contributed by atoms with E-state index < -0.39 is 29.2 Å². The molecule has 21 heteroatoms. The molecular formula is C19H27Cl3N10O5S3. The fraction of sp³-hybridized carbons (Fsp3) is 0.421. The largest absolute Gasteiger partial charge is 0.477 e. The number of fused-ring (bicyclic) bond motifs is 1. The predicted octanol–water partition coefficient (Wildman–Crippen LogP) is 0.205. The number of β-lactam (4-membered cyclic amide) rings is 1. The average Bonchev–Trinajstić information content (AvgIpc) is 3.44. The van der Waals surface area contributed by atoms with Crippen LogP contribution in [0, 0.1) is 6.92 Å². The number of carboxylic acids is 1. The number of hydrogen-bond acceptors (Lipinski definition) is 14. The number of carboxylic acid groups (broad SMARTS) is 1. The van der Waals surface area contributed by atoms with Crippen LogP contribution in [0.2, 0.25) is 0 Å². The van der Waals surface area contributed by atoms with Crippen LogP contribution in [-0.4, -0.2) is 89.4 Å². The molecule has 15 nitrogen and oxygen atoms in total. The fourth-order valence-electron chi connectivity index (χ4n) is 3.46. The number of thioether (sulfide) groups is 2. The lowest BCUT2D eigenvalue weighted by atomic mass is 10.0. The third-order valence-electron chi connectivity index (χ3n) is 5.32. The molecule has 0 aromatic carbocycles. The summed E-state index contributed by atoms with van der Waals surface area (Å²) in [5.41, 5.74) is 11.6. The summed E-state index contributed by atoms with van der Waals surface area (Å²) < 4.78 is 1.31. The Bertz CT molecular complexity index is 1290. The van der Waals surface area contributed by atoms with E-state index in [1.165, 1.54) is 33.1 Å². The predicted molar refractivity (Wildman–Crippen MR) is 160 cm³/mol. The molecular weight excluding hydrogens is 651 g/mol. The van der Waals surface area contributed by atoms with Crippen molar-refractivity contribution in [3.05, 3.63) is 28.2 Å². The van der Waals surface area contributed by atoms with Crippen molar-refractivity contribution < 1.29 is 24.3 Å². The van der Waals surface area contributed by atoms with Crippen molar-refractivity contribution in [2.24, 2.45) is 10.9 Å². The number of amides is 2. The molecule has 40 heavy (non-hydrogen) atoms. The molecule has 0 aliphatic carbocycles. The van der Waals surface area contributed by atoms with Crippen LogP contribution in [0.15, 0.2) is 27.0 Å². The first-order chi connectivity index (χ1) is 17.7. The molecule has 0 bridgehead atoms. The number of nitrogens with two attached hydrogens (primary N) is 3. The Morgan fingerprint density at radius 3 is 2.62 bits per heavy atom. The number of aliphatic carboxylic acids is 1. The van der Waals surface area contributed by atoms with Gasteiger partial charge >= 0.3 is 5.97 Å². The first-order valence-corrected chi connectivity index (χ1v) is 13.8. The van der Waals surface area contributed by atoms with Gasteiger partial charge in [0.05, 0.1) is 0 Å². The maximum atomic E-state index is 13.1. The van der Waals surface area contributed by atoms with Crippen molar-refractivity contribution in [2.75, 3.05) is 36.2 Å².